The summed E-state index contributed by atoms with van der Waals surface area (Å²) in [6.07, 6.45) is 4.73. The SMILES string of the molecule is O=C(CN1C(=O)/C(=C/c2ccc(F)cc2)SC1=S)Nc1cccnc1. The molecule has 25 heavy (non-hydrogen) atoms. The Hall–Kier alpha value is -2.58. The fourth-order valence-electron chi connectivity index (χ4n) is 2.13. The highest BCUT2D eigenvalue weighted by Crippen LogP contribution is 2.32. The van der Waals surface area contributed by atoms with E-state index in [1.807, 2.05) is 0 Å². The topological polar surface area (TPSA) is 62.3 Å². The molecule has 0 aliphatic carbocycles. The van der Waals surface area contributed by atoms with E-state index in [4.69, 9.17) is 12.2 Å². The predicted octanol–water partition coefficient (Wildman–Crippen LogP) is 3.06. The summed E-state index contributed by atoms with van der Waals surface area (Å²) in [7, 11) is 0. The van der Waals surface area contributed by atoms with Crippen LogP contribution in [0.15, 0.2) is 53.7 Å². The van der Waals surface area contributed by atoms with Crippen molar-refractivity contribution in [2.45, 2.75) is 0 Å². The zero-order valence-electron chi connectivity index (χ0n) is 12.8. The minimum Gasteiger partial charge on any atom is -0.323 e. The van der Waals surface area contributed by atoms with Crippen molar-refractivity contribution >= 4 is 51.9 Å². The first kappa shape index (κ1) is 17.2. The van der Waals surface area contributed by atoms with Crippen LogP contribution in [0.4, 0.5) is 10.1 Å². The number of nitrogens with zero attached hydrogens (tertiary/aromatic N) is 2. The average molecular weight is 373 g/mol. The number of hydrogen-bond acceptors (Lipinski definition) is 5. The number of amides is 2. The van der Waals surface area contributed by atoms with Crippen molar-refractivity contribution in [2.24, 2.45) is 0 Å². The molecular weight excluding hydrogens is 361 g/mol. The molecule has 0 radical (unpaired) electrons. The van der Waals surface area contributed by atoms with Gasteiger partial charge in [-0.3, -0.25) is 19.5 Å². The second kappa shape index (κ2) is 7.54. The maximum atomic E-state index is 13.0. The van der Waals surface area contributed by atoms with Crippen LogP contribution in [-0.2, 0) is 9.59 Å². The lowest BCUT2D eigenvalue weighted by atomic mass is 10.2. The molecule has 2 heterocycles. The predicted molar refractivity (Wildman–Crippen MR) is 99.1 cm³/mol. The Morgan fingerprint density at radius 3 is 2.76 bits per heavy atom. The van der Waals surface area contributed by atoms with Crippen molar-refractivity contribution in [2.75, 3.05) is 11.9 Å². The van der Waals surface area contributed by atoms with Crippen molar-refractivity contribution < 1.29 is 14.0 Å². The van der Waals surface area contributed by atoms with Gasteiger partial charge in [0.05, 0.1) is 16.8 Å². The maximum Gasteiger partial charge on any atom is 0.266 e. The fraction of sp³-hybridized carbons (Fsp3) is 0.0588. The van der Waals surface area contributed by atoms with Gasteiger partial charge in [0.15, 0.2) is 0 Å². The lowest BCUT2D eigenvalue weighted by molar-refractivity contribution is -0.126. The number of carbonyl (C=O) groups is 2. The average Bonchev–Trinajstić information content (AvgIpc) is 2.85. The highest BCUT2D eigenvalue weighted by atomic mass is 32.2. The van der Waals surface area contributed by atoms with Crippen LogP contribution in [0.2, 0.25) is 0 Å². The smallest absolute Gasteiger partial charge is 0.266 e. The first-order chi connectivity index (χ1) is 12.0. The summed E-state index contributed by atoms with van der Waals surface area (Å²) in [5.74, 6) is -1.07. The van der Waals surface area contributed by atoms with E-state index in [0.29, 0.717) is 20.5 Å². The molecule has 0 spiro atoms. The van der Waals surface area contributed by atoms with Gasteiger partial charge in [-0.15, -0.1) is 0 Å². The molecule has 1 aromatic heterocycles. The van der Waals surface area contributed by atoms with E-state index in [-0.39, 0.29) is 24.2 Å². The Morgan fingerprint density at radius 1 is 1.32 bits per heavy atom. The van der Waals surface area contributed by atoms with E-state index in [2.05, 4.69) is 10.3 Å². The zero-order valence-corrected chi connectivity index (χ0v) is 14.4. The molecule has 1 saturated heterocycles. The van der Waals surface area contributed by atoms with Gasteiger partial charge in [-0.05, 0) is 35.9 Å². The van der Waals surface area contributed by atoms with Crippen LogP contribution in [-0.4, -0.2) is 32.6 Å². The molecule has 0 unspecified atom stereocenters. The van der Waals surface area contributed by atoms with Gasteiger partial charge < -0.3 is 5.32 Å². The second-order valence-electron chi connectivity index (χ2n) is 5.11. The third-order valence-electron chi connectivity index (χ3n) is 3.29. The van der Waals surface area contributed by atoms with E-state index in [1.165, 1.54) is 23.2 Å². The minimum absolute atomic E-state index is 0.180. The molecule has 1 aromatic carbocycles. The number of halogens is 1. The first-order valence-corrected chi connectivity index (χ1v) is 8.46. The van der Waals surface area contributed by atoms with Crippen LogP contribution in [0.3, 0.4) is 0 Å². The Bertz CT molecular complexity index is 854. The highest BCUT2D eigenvalue weighted by molar-refractivity contribution is 8.26. The standard InChI is InChI=1S/C17H12FN3O2S2/c18-12-5-3-11(4-6-12)8-14-16(23)21(17(24)25-14)10-15(22)20-13-2-1-7-19-9-13/h1-9H,10H2,(H,20,22)/b14-8-. The molecule has 1 N–H and O–H groups in total. The maximum absolute atomic E-state index is 13.0. The molecule has 126 valence electrons. The number of nitrogens with one attached hydrogen (secondary N) is 1. The van der Waals surface area contributed by atoms with Crippen LogP contribution >= 0.6 is 24.0 Å². The first-order valence-electron chi connectivity index (χ1n) is 7.24. The number of benzene rings is 1. The largest absolute Gasteiger partial charge is 0.323 e. The van der Waals surface area contributed by atoms with Gasteiger partial charge in [0.2, 0.25) is 5.91 Å². The number of thiocarbonyl (C=S) groups is 1. The molecule has 5 nitrogen and oxygen atoms in total. The summed E-state index contributed by atoms with van der Waals surface area (Å²) in [5.41, 5.74) is 1.22. The molecule has 1 aliphatic heterocycles. The molecule has 1 fully saturated rings. The van der Waals surface area contributed by atoms with Crippen LogP contribution in [0, 0.1) is 5.82 Å². The summed E-state index contributed by atoms with van der Waals surface area (Å²) in [6.45, 7) is -0.180. The van der Waals surface area contributed by atoms with Gasteiger partial charge >= 0.3 is 0 Å². The van der Waals surface area contributed by atoms with Crippen LogP contribution in [0.5, 0.6) is 0 Å². The summed E-state index contributed by atoms with van der Waals surface area (Å²) in [4.78, 5) is 30.1. The molecular formula is C17H12FN3O2S2. The van der Waals surface area contributed by atoms with Crippen LogP contribution < -0.4 is 5.32 Å². The Kier molecular flexibility index (Phi) is 5.20. The number of aromatic nitrogens is 1. The number of carbonyl (C=O) groups excluding carboxylic acids is 2. The van der Waals surface area contributed by atoms with E-state index >= 15 is 0 Å². The fourth-order valence-corrected chi connectivity index (χ4v) is 3.38. The summed E-state index contributed by atoms with van der Waals surface area (Å²) < 4.78 is 13.3. The summed E-state index contributed by atoms with van der Waals surface area (Å²) in [5, 5.41) is 2.66. The van der Waals surface area contributed by atoms with Crippen molar-refractivity contribution in [1.82, 2.24) is 9.88 Å². The Morgan fingerprint density at radius 2 is 2.08 bits per heavy atom. The molecule has 3 rings (SSSR count). The normalized spacial score (nSPS) is 15.7. The molecule has 0 bridgehead atoms. The minimum atomic E-state index is -0.368. The highest BCUT2D eigenvalue weighted by Gasteiger charge is 2.33. The van der Waals surface area contributed by atoms with Gasteiger partial charge in [-0.1, -0.05) is 36.1 Å². The molecule has 1 aliphatic rings. The number of thioether (sulfide) groups is 1. The van der Waals surface area contributed by atoms with E-state index in [0.717, 1.165) is 11.8 Å². The third kappa shape index (κ3) is 4.28. The van der Waals surface area contributed by atoms with E-state index in [1.54, 1.807) is 36.5 Å². The van der Waals surface area contributed by atoms with Crippen LogP contribution in [0.1, 0.15) is 5.56 Å². The van der Waals surface area contributed by atoms with Gasteiger partial charge in [-0.25, -0.2) is 4.39 Å². The van der Waals surface area contributed by atoms with E-state index in [9.17, 15) is 14.0 Å². The molecule has 0 saturated carbocycles. The lowest BCUT2D eigenvalue weighted by Crippen LogP contribution is -2.36. The number of anilines is 1. The summed E-state index contributed by atoms with van der Waals surface area (Å²) >= 11 is 6.30. The number of pyridine rings is 1. The van der Waals surface area contributed by atoms with Gasteiger partial charge in [0, 0.05) is 6.20 Å². The molecule has 0 atom stereocenters. The monoisotopic (exact) mass is 373 g/mol. The Balaban J connectivity index is 1.69. The van der Waals surface area contributed by atoms with Gasteiger partial charge in [0.1, 0.15) is 16.7 Å². The van der Waals surface area contributed by atoms with Gasteiger partial charge in [0.25, 0.3) is 5.91 Å². The van der Waals surface area contributed by atoms with Crippen molar-refractivity contribution in [3.63, 3.8) is 0 Å². The van der Waals surface area contributed by atoms with Crippen molar-refractivity contribution in [3.8, 4) is 0 Å². The number of rotatable bonds is 4. The summed E-state index contributed by atoms with van der Waals surface area (Å²) in [6, 6.07) is 9.15. The molecule has 2 aromatic rings. The van der Waals surface area contributed by atoms with Crippen LogP contribution in [0.25, 0.3) is 6.08 Å². The molecule has 8 heteroatoms. The zero-order chi connectivity index (χ0) is 17.8. The van der Waals surface area contributed by atoms with Gasteiger partial charge in [-0.2, -0.15) is 0 Å². The second-order valence-corrected chi connectivity index (χ2v) is 6.79. The third-order valence-corrected chi connectivity index (χ3v) is 4.67. The van der Waals surface area contributed by atoms with Crippen molar-refractivity contribution in [1.29, 1.82) is 0 Å². The number of hydrogen-bond donors (Lipinski definition) is 1. The molecule has 2 amide bonds. The van der Waals surface area contributed by atoms with Crippen molar-refractivity contribution in [3.05, 3.63) is 65.1 Å². The Labute approximate surface area is 152 Å². The lowest BCUT2D eigenvalue weighted by Gasteiger charge is -2.14. The van der Waals surface area contributed by atoms with E-state index < -0.39 is 0 Å². The quantitative estimate of drug-likeness (QED) is 0.659.